The standard InChI is InChI=1S/C14H17BrN2O/c1-10(7-18)6-17-9-14(2,8-16)12-4-3-11(15)5-13(12)17/h3-5,10,18H,6-7,9H2,1-2H3/t10-,14?/m0/s1. The lowest BCUT2D eigenvalue weighted by Gasteiger charge is -2.23. The van der Waals surface area contributed by atoms with Gasteiger partial charge in [0.25, 0.3) is 0 Å². The molecule has 0 saturated heterocycles. The Kier molecular flexibility index (Phi) is 3.65. The van der Waals surface area contributed by atoms with E-state index < -0.39 is 5.41 Å². The topological polar surface area (TPSA) is 47.3 Å². The molecule has 3 nitrogen and oxygen atoms in total. The molecular weight excluding hydrogens is 292 g/mol. The molecule has 2 rings (SSSR count). The molecule has 0 spiro atoms. The van der Waals surface area contributed by atoms with Crippen molar-refractivity contribution in [2.75, 3.05) is 24.6 Å². The molecule has 0 fully saturated rings. The van der Waals surface area contributed by atoms with Crippen LogP contribution in [0.1, 0.15) is 19.4 Å². The second kappa shape index (κ2) is 4.91. The molecule has 1 aromatic rings. The summed E-state index contributed by atoms with van der Waals surface area (Å²) < 4.78 is 1.02. The predicted octanol–water partition coefficient (Wildman–Crippen LogP) is 2.68. The quantitative estimate of drug-likeness (QED) is 0.934. The lowest BCUT2D eigenvalue weighted by molar-refractivity contribution is 0.239. The van der Waals surface area contributed by atoms with Crippen molar-refractivity contribution in [3.05, 3.63) is 28.2 Å². The van der Waals surface area contributed by atoms with Gasteiger partial charge in [-0.2, -0.15) is 5.26 Å². The highest BCUT2D eigenvalue weighted by atomic mass is 79.9. The van der Waals surface area contributed by atoms with Crippen molar-refractivity contribution in [3.63, 3.8) is 0 Å². The molecule has 1 aliphatic rings. The van der Waals surface area contributed by atoms with Crippen LogP contribution in [0.2, 0.25) is 0 Å². The molecule has 1 aliphatic heterocycles. The third kappa shape index (κ3) is 2.25. The van der Waals surface area contributed by atoms with Gasteiger partial charge in [-0.1, -0.05) is 28.9 Å². The molecule has 2 atom stereocenters. The first-order valence-electron chi connectivity index (χ1n) is 6.07. The SMILES string of the molecule is C[C@H](CO)CN1CC(C)(C#N)c2ccc(Br)cc21. The highest BCUT2D eigenvalue weighted by Gasteiger charge is 2.39. The number of nitrogens with zero attached hydrogens (tertiary/aromatic N) is 2. The molecule has 96 valence electrons. The van der Waals surface area contributed by atoms with E-state index >= 15 is 0 Å². The highest BCUT2D eigenvalue weighted by molar-refractivity contribution is 9.10. The number of aliphatic hydroxyl groups excluding tert-OH is 1. The Labute approximate surface area is 116 Å². The normalized spacial score (nSPS) is 23.6. The first kappa shape index (κ1) is 13.4. The average Bonchev–Trinajstić information content (AvgIpc) is 2.63. The molecule has 1 aromatic carbocycles. The summed E-state index contributed by atoms with van der Waals surface area (Å²) in [4.78, 5) is 2.20. The molecule has 1 heterocycles. The minimum absolute atomic E-state index is 0.170. The van der Waals surface area contributed by atoms with Gasteiger partial charge in [0.2, 0.25) is 0 Å². The third-order valence-electron chi connectivity index (χ3n) is 3.49. The summed E-state index contributed by atoms with van der Waals surface area (Å²) in [5.41, 5.74) is 1.73. The molecule has 0 aromatic heterocycles. The zero-order valence-corrected chi connectivity index (χ0v) is 12.2. The number of aliphatic hydroxyl groups is 1. The van der Waals surface area contributed by atoms with Crippen molar-refractivity contribution in [3.8, 4) is 6.07 Å². The van der Waals surface area contributed by atoms with Crippen LogP contribution in [0.5, 0.6) is 0 Å². The molecule has 0 radical (unpaired) electrons. The number of rotatable bonds is 3. The van der Waals surface area contributed by atoms with Crippen LogP contribution in [0.4, 0.5) is 5.69 Å². The summed E-state index contributed by atoms with van der Waals surface area (Å²) in [6.45, 7) is 5.63. The summed E-state index contributed by atoms with van der Waals surface area (Å²) in [6, 6.07) is 8.47. The molecule has 0 amide bonds. The van der Waals surface area contributed by atoms with Crippen LogP contribution in [0, 0.1) is 17.2 Å². The smallest absolute Gasteiger partial charge is 0.0988 e. The van der Waals surface area contributed by atoms with Crippen LogP contribution >= 0.6 is 15.9 Å². The first-order chi connectivity index (χ1) is 8.50. The fraction of sp³-hybridized carbons (Fsp3) is 0.500. The van der Waals surface area contributed by atoms with Crippen LogP contribution in [-0.2, 0) is 5.41 Å². The van der Waals surface area contributed by atoms with Gasteiger partial charge in [0.05, 0.1) is 11.5 Å². The molecule has 0 saturated carbocycles. The first-order valence-corrected chi connectivity index (χ1v) is 6.86. The molecular formula is C14H17BrN2O. The summed E-state index contributed by atoms with van der Waals surface area (Å²) >= 11 is 3.48. The fourth-order valence-electron chi connectivity index (χ4n) is 2.48. The fourth-order valence-corrected chi connectivity index (χ4v) is 2.83. The molecule has 1 N–H and O–H groups in total. The van der Waals surface area contributed by atoms with Gasteiger partial charge < -0.3 is 10.0 Å². The highest BCUT2D eigenvalue weighted by Crippen LogP contribution is 2.41. The van der Waals surface area contributed by atoms with E-state index in [1.807, 2.05) is 26.0 Å². The summed E-state index contributed by atoms with van der Waals surface area (Å²) in [5.74, 6) is 0.206. The number of hydrogen-bond donors (Lipinski definition) is 1. The average molecular weight is 309 g/mol. The maximum absolute atomic E-state index is 9.41. The van der Waals surface area contributed by atoms with Gasteiger partial charge in [0, 0.05) is 29.9 Å². The number of nitriles is 1. The zero-order valence-electron chi connectivity index (χ0n) is 10.7. The molecule has 0 bridgehead atoms. The lowest BCUT2D eigenvalue weighted by atomic mass is 9.86. The maximum Gasteiger partial charge on any atom is 0.0988 e. The Hall–Kier alpha value is -1.05. The Bertz CT molecular complexity index is 497. The Morgan fingerprint density at radius 1 is 1.61 bits per heavy atom. The summed E-state index contributed by atoms with van der Waals surface area (Å²) in [5, 5.41) is 18.6. The lowest BCUT2D eigenvalue weighted by Crippen LogP contribution is -2.33. The zero-order chi connectivity index (χ0) is 13.3. The van der Waals surface area contributed by atoms with E-state index in [2.05, 4.69) is 33.0 Å². The van der Waals surface area contributed by atoms with E-state index in [4.69, 9.17) is 0 Å². The second-order valence-corrected chi connectivity index (χ2v) is 6.19. The van der Waals surface area contributed by atoms with Crippen LogP contribution < -0.4 is 4.90 Å². The van der Waals surface area contributed by atoms with Gasteiger partial charge >= 0.3 is 0 Å². The van der Waals surface area contributed by atoms with E-state index in [0.29, 0.717) is 6.54 Å². The van der Waals surface area contributed by atoms with Crippen molar-refractivity contribution in [1.29, 1.82) is 5.26 Å². The minimum Gasteiger partial charge on any atom is -0.396 e. The molecule has 1 unspecified atom stereocenters. The Balaban J connectivity index is 2.39. The second-order valence-electron chi connectivity index (χ2n) is 5.27. The third-order valence-corrected chi connectivity index (χ3v) is 3.99. The monoisotopic (exact) mass is 308 g/mol. The number of hydrogen-bond acceptors (Lipinski definition) is 3. The summed E-state index contributed by atoms with van der Waals surface area (Å²) in [6.07, 6.45) is 0. The van der Waals surface area contributed by atoms with E-state index in [1.165, 1.54) is 0 Å². The van der Waals surface area contributed by atoms with Gasteiger partial charge in [0.1, 0.15) is 0 Å². The van der Waals surface area contributed by atoms with Crippen LogP contribution in [0.15, 0.2) is 22.7 Å². The van der Waals surface area contributed by atoms with Crippen LogP contribution in [-0.4, -0.2) is 24.8 Å². The van der Waals surface area contributed by atoms with E-state index in [0.717, 1.165) is 22.3 Å². The van der Waals surface area contributed by atoms with Crippen molar-refractivity contribution < 1.29 is 5.11 Å². The number of fused-ring (bicyclic) bond motifs is 1. The Morgan fingerprint density at radius 3 is 2.94 bits per heavy atom. The largest absolute Gasteiger partial charge is 0.396 e. The van der Waals surface area contributed by atoms with Crippen molar-refractivity contribution in [2.24, 2.45) is 5.92 Å². The van der Waals surface area contributed by atoms with Crippen molar-refractivity contribution in [2.45, 2.75) is 19.3 Å². The van der Waals surface area contributed by atoms with Gasteiger partial charge in [-0.3, -0.25) is 0 Å². The molecule has 4 heteroatoms. The van der Waals surface area contributed by atoms with Crippen molar-refractivity contribution in [1.82, 2.24) is 0 Å². The summed E-state index contributed by atoms with van der Waals surface area (Å²) in [7, 11) is 0. The number of benzene rings is 1. The van der Waals surface area contributed by atoms with Gasteiger partial charge in [-0.25, -0.2) is 0 Å². The van der Waals surface area contributed by atoms with E-state index in [9.17, 15) is 10.4 Å². The molecule has 0 aliphatic carbocycles. The Morgan fingerprint density at radius 2 is 2.33 bits per heavy atom. The number of halogens is 1. The number of anilines is 1. The van der Waals surface area contributed by atoms with Crippen LogP contribution in [0.25, 0.3) is 0 Å². The van der Waals surface area contributed by atoms with Gasteiger partial charge in [-0.15, -0.1) is 0 Å². The van der Waals surface area contributed by atoms with Gasteiger partial charge in [-0.05, 0) is 30.5 Å². The van der Waals surface area contributed by atoms with Crippen LogP contribution in [0.3, 0.4) is 0 Å². The van der Waals surface area contributed by atoms with Crippen molar-refractivity contribution >= 4 is 21.6 Å². The predicted molar refractivity (Wildman–Crippen MR) is 75.6 cm³/mol. The minimum atomic E-state index is -0.453. The molecule has 18 heavy (non-hydrogen) atoms. The van der Waals surface area contributed by atoms with Gasteiger partial charge in [0.15, 0.2) is 0 Å². The maximum atomic E-state index is 9.41. The van der Waals surface area contributed by atoms with E-state index in [-0.39, 0.29) is 12.5 Å². The van der Waals surface area contributed by atoms with E-state index in [1.54, 1.807) is 0 Å².